The van der Waals surface area contributed by atoms with Gasteiger partial charge in [-0.3, -0.25) is 0 Å². The van der Waals surface area contributed by atoms with Crippen LogP contribution in [0.5, 0.6) is 0 Å². The van der Waals surface area contributed by atoms with Crippen LogP contribution >= 0.6 is 0 Å². The summed E-state index contributed by atoms with van der Waals surface area (Å²) in [5, 5.41) is 0. The van der Waals surface area contributed by atoms with Gasteiger partial charge in [-0.05, 0) is 154 Å². The topological polar surface area (TPSA) is 6.48 Å². The fraction of sp³-hybridized carbons (Fsp3) is 0.172. The molecule has 1 fully saturated rings. The number of nitrogens with zero attached hydrogens (tertiary/aromatic N) is 2. The van der Waals surface area contributed by atoms with E-state index in [0.717, 1.165) is 12.8 Å². The monoisotopic (exact) mass is 772 g/mol. The van der Waals surface area contributed by atoms with Gasteiger partial charge in [-0.15, -0.1) is 0 Å². The maximum Gasteiger partial charge on any atom is 0.0505 e. The van der Waals surface area contributed by atoms with E-state index >= 15 is 0 Å². The third-order valence-corrected chi connectivity index (χ3v) is 14.7. The lowest BCUT2D eigenvalue weighted by Crippen LogP contribution is -2.34. The third-order valence-electron chi connectivity index (χ3n) is 14.7. The van der Waals surface area contributed by atoms with Gasteiger partial charge in [0.1, 0.15) is 0 Å². The van der Waals surface area contributed by atoms with Crippen LogP contribution in [0.2, 0.25) is 0 Å². The second kappa shape index (κ2) is 13.4. The summed E-state index contributed by atoms with van der Waals surface area (Å²) in [6.07, 6.45) is 4.71. The predicted octanol–water partition coefficient (Wildman–Crippen LogP) is 15.0. The molecule has 8 aromatic rings. The van der Waals surface area contributed by atoms with Gasteiger partial charge in [0.15, 0.2) is 0 Å². The van der Waals surface area contributed by atoms with Crippen LogP contribution < -0.4 is 9.80 Å². The van der Waals surface area contributed by atoms with Gasteiger partial charge < -0.3 is 9.80 Å². The molecule has 0 radical (unpaired) electrons. The van der Waals surface area contributed by atoms with Gasteiger partial charge in [0.05, 0.1) is 11.4 Å². The maximum atomic E-state index is 2.60. The Morgan fingerprint density at radius 3 is 1.50 bits per heavy atom. The van der Waals surface area contributed by atoms with E-state index in [-0.39, 0.29) is 10.8 Å². The molecule has 8 aromatic carbocycles. The predicted molar refractivity (Wildman–Crippen MR) is 250 cm³/mol. The van der Waals surface area contributed by atoms with Crippen LogP contribution in [0.15, 0.2) is 194 Å². The van der Waals surface area contributed by atoms with Gasteiger partial charge in [-0.2, -0.15) is 0 Å². The van der Waals surface area contributed by atoms with Crippen molar-refractivity contribution in [2.24, 2.45) is 11.8 Å². The molecule has 0 saturated heterocycles. The molecule has 4 aliphatic rings. The maximum absolute atomic E-state index is 2.60. The van der Waals surface area contributed by atoms with Gasteiger partial charge in [0.2, 0.25) is 0 Å². The zero-order valence-corrected chi connectivity index (χ0v) is 34.4. The molecule has 12 rings (SSSR count). The molecular weight excluding hydrogens is 725 g/mol. The molecule has 0 bridgehead atoms. The van der Waals surface area contributed by atoms with Crippen LogP contribution in [0.1, 0.15) is 60.1 Å². The van der Waals surface area contributed by atoms with Gasteiger partial charge in [-0.1, -0.05) is 147 Å². The number of anilines is 6. The van der Waals surface area contributed by atoms with Crippen molar-refractivity contribution >= 4 is 34.1 Å². The van der Waals surface area contributed by atoms with E-state index in [1.165, 1.54) is 97.0 Å². The first-order chi connectivity index (χ1) is 29.5. The third kappa shape index (κ3) is 5.07. The SMILES string of the molecule is CC1(C)c2ccccc2-c2ccc(N(c3ccccc3)c3cccc4c3C35c6c(cccc6N(c6ccccc6)c6cccc(-c7ccccc7)c6)CC3CCC5C4)cc21. The summed E-state index contributed by atoms with van der Waals surface area (Å²) < 4.78 is 0. The Morgan fingerprint density at radius 1 is 0.400 bits per heavy atom. The van der Waals surface area contributed by atoms with Crippen LogP contribution in [-0.4, -0.2) is 0 Å². The molecule has 4 aliphatic carbocycles. The van der Waals surface area contributed by atoms with Gasteiger partial charge >= 0.3 is 0 Å². The lowest BCUT2D eigenvalue weighted by atomic mass is 9.68. The zero-order valence-electron chi connectivity index (χ0n) is 34.4. The first-order valence-electron chi connectivity index (χ1n) is 21.9. The van der Waals surface area contributed by atoms with Crippen molar-refractivity contribution in [1.29, 1.82) is 0 Å². The van der Waals surface area contributed by atoms with Gasteiger partial charge in [-0.25, -0.2) is 0 Å². The van der Waals surface area contributed by atoms with Crippen molar-refractivity contribution in [2.75, 3.05) is 9.80 Å². The zero-order chi connectivity index (χ0) is 40.0. The smallest absolute Gasteiger partial charge is 0.0505 e. The summed E-state index contributed by atoms with van der Waals surface area (Å²) in [4.78, 5) is 5.16. The molecule has 3 atom stereocenters. The molecule has 2 nitrogen and oxygen atoms in total. The molecule has 290 valence electrons. The Hall–Kier alpha value is -6.64. The van der Waals surface area contributed by atoms with E-state index in [1.807, 2.05) is 0 Å². The van der Waals surface area contributed by atoms with E-state index in [0.29, 0.717) is 11.8 Å². The van der Waals surface area contributed by atoms with Crippen molar-refractivity contribution in [1.82, 2.24) is 0 Å². The fourth-order valence-electron chi connectivity index (χ4n) is 12.3. The number of benzene rings is 8. The largest absolute Gasteiger partial charge is 0.310 e. The van der Waals surface area contributed by atoms with Gasteiger partial charge in [0, 0.05) is 33.6 Å². The Balaban J connectivity index is 1.09. The standard InChI is InChI=1S/C58H48N2/c1-57(2)51-28-13-12-27-49(51)50-34-33-48(38-52(50)57)60(46-24-10-5-11-25-46)54-30-16-21-42-36-44-32-31-43-35-41-20-15-29-53(55(41)58(43,44)56(42)54)59(45-22-8-4-9-23-45)47-26-14-19-40(37-47)39-17-6-3-7-18-39/h3-30,33-34,37-38,43-44H,31-32,35-36H2,1-2H3. The molecule has 0 aliphatic heterocycles. The van der Waals surface area contributed by atoms with Crippen molar-refractivity contribution in [3.8, 4) is 22.3 Å². The molecule has 2 heteroatoms. The molecule has 0 N–H and O–H groups in total. The molecule has 1 spiro atoms. The molecule has 0 heterocycles. The number of rotatable bonds is 7. The first-order valence-corrected chi connectivity index (χ1v) is 21.9. The molecule has 3 unspecified atom stereocenters. The quantitative estimate of drug-likeness (QED) is 0.159. The Labute approximate surface area is 354 Å². The van der Waals surface area contributed by atoms with Gasteiger partial charge in [0.25, 0.3) is 0 Å². The van der Waals surface area contributed by atoms with Crippen molar-refractivity contribution in [2.45, 2.75) is 50.4 Å². The van der Waals surface area contributed by atoms with Crippen LogP contribution in [0, 0.1) is 11.8 Å². The Kier molecular flexibility index (Phi) is 7.91. The highest BCUT2D eigenvalue weighted by molar-refractivity contribution is 5.89. The van der Waals surface area contributed by atoms with E-state index in [2.05, 4.69) is 218 Å². The van der Waals surface area contributed by atoms with E-state index in [1.54, 1.807) is 5.56 Å². The highest BCUT2D eigenvalue weighted by Gasteiger charge is 2.62. The minimum absolute atomic E-state index is 0.0960. The molecule has 60 heavy (non-hydrogen) atoms. The second-order valence-electron chi connectivity index (χ2n) is 18.0. The number of hydrogen-bond donors (Lipinski definition) is 0. The number of hydrogen-bond acceptors (Lipinski definition) is 2. The fourth-order valence-corrected chi connectivity index (χ4v) is 12.3. The normalized spacial score (nSPS) is 19.8. The Bertz CT molecular complexity index is 2920. The van der Waals surface area contributed by atoms with E-state index in [4.69, 9.17) is 0 Å². The molecule has 1 saturated carbocycles. The van der Waals surface area contributed by atoms with Crippen molar-refractivity contribution in [3.05, 3.63) is 228 Å². The van der Waals surface area contributed by atoms with Crippen LogP contribution in [0.3, 0.4) is 0 Å². The number of fused-ring (bicyclic) bond motifs is 5. The summed E-state index contributed by atoms with van der Waals surface area (Å²) in [6, 6.07) is 72.8. The average Bonchev–Trinajstić information content (AvgIpc) is 3.99. The summed E-state index contributed by atoms with van der Waals surface area (Å²) in [6.45, 7) is 4.79. The summed E-state index contributed by atoms with van der Waals surface area (Å²) in [5.41, 5.74) is 21.3. The van der Waals surface area contributed by atoms with Crippen LogP contribution in [0.4, 0.5) is 34.1 Å². The highest BCUT2D eigenvalue weighted by Crippen LogP contribution is 2.69. The summed E-state index contributed by atoms with van der Waals surface area (Å²) in [7, 11) is 0. The second-order valence-corrected chi connectivity index (χ2v) is 18.0. The number of para-hydroxylation sites is 2. The van der Waals surface area contributed by atoms with E-state index in [9.17, 15) is 0 Å². The lowest BCUT2D eigenvalue weighted by Gasteiger charge is -2.40. The van der Waals surface area contributed by atoms with Crippen molar-refractivity contribution < 1.29 is 0 Å². The molecular formula is C58H48N2. The first kappa shape index (κ1) is 35.3. The molecule has 0 amide bonds. The minimum atomic E-state index is -0.124. The lowest BCUT2D eigenvalue weighted by molar-refractivity contribution is 0.350. The molecule has 0 aromatic heterocycles. The van der Waals surface area contributed by atoms with Crippen LogP contribution in [0.25, 0.3) is 22.3 Å². The minimum Gasteiger partial charge on any atom is -0.310 e. The average molecular weight is 773 g/mol. The highest BCUT2D eigenvalue weighted by atomic mass is 15.2. The van der Waals surface area contributed by atoms with Crippen LogP contribution in [-0.2, 0) is 23.7 Å². The Morgan fingerprint density at radius 2 is 0.883 bits per heavy atom. The van der Waals surface area contributed by atoms with E-state index < -0.39 is 0 Å². The van der Waals surface area contributed by atoms with Crippen molar-refractivity contribution in [3.63, 3.8) is 0 Å². The summed E-state index contributed by atoms with van der Waals surface area (Å²) in [5.74, 6) is 1.06. The summed E-state index contributed by atoms with van der Waals surface area (Å²) >= 11 is 0.